The molecule has 0 aliphatic carbocycles. The molecule has 1 heterocycles. The van der Waals surface area contributed by atoms with Crippen LogP contribution in [0.3, 0.4) is 0 Å². The summed E-state index contributed by atoms with van der Waals surface area (Å²) in [5, 5.41) is 19.3. The van der Waals surface area contributed by atoms with Crippen LogP contribution in [0.15, 0.2) is 34.5 Å². The third kappa shape index (κ3) is 5.11. The summed E-state index contributed by atoms with van der Waals surface area (Å²) in [5.74, 6) is 1.68. The van der Waals surface area contributed by atoms with E-state index in [2.05, 4.69) is 21.5 Å². The van der Waals surface area contributed by atoms with Crippen LogP contribution >= 0.6 is 0 Å². The fourth-order valence-corrected chi connectivity index (χ4v) is 1.99. The van der Waals surface area contributed by atoms with Crippen LogP contribution in [0.25, 0.3) is 0 Å². The minimum atomic E-state index is -1.05. The molecule has 0 unspecified atom stereocenters. The zero-order valence-electron chi connectivity index (χ0n) is 12.5. The predicted octanol–water partition coefficient (Wildman–Crippen LogP) is 1.85. The van der Waals surface area contributed by atoms with E-state index >= 15 is 0 Å². The van der Waals surface area contributed by atoms with Gasteiger partial charge in [0.2, 0.25) is 0 Å². The highest BCUT2D eigenvalue weighted by Gasteiger charge is 2.38. The van der Waals surface area contributed by atoms with Crippen LogP contribution in [-0.2, 0) is 4.79 Å². The number of nitrogens with one attached hydrogen (secondary N) is 1. The number of benzene rings is 1. The van der Waals surface area contributed by atoms with Gasteiger partial charge in [0.15, 0.2) is 12.3 Å². The zero-order chi connectivity index (χ0) is 16.7. The fraction of sp³-hybridized carbons (Fsp3) is 0.375. The maximum Gasteiger partial charge on any atom is 0.341 e. The van der Waals surface area contributed by atoms with Crippen LogP contribution in [0.2, 0.25) is 0 Å². The van der Waals surface area contributed by atoms with Gasteiger partial charge < -0.3 is 15.2 Å². The van der Waals surface area contributed by atoms with E-state index in [1.165, 1.54) is 0 Å². The number of hydrogen-bond acceptors (Lipinski definition) is 5. The first-order valence-electron chi connectivity index (χ1n) is 7.15. The van der Waals surface area contributed by atoms with Crippen molar-refractivity contribution in [3.05, 3.63) is 29.8 Å². The van der Waals surface area contributed by atoms with Gasteiger partial charge in [0.25, 0.3) is 5.91 Å². The molecule has 0 aromatic heterocycles. The number of nitrogens with zero attached hydrogens (tertiary/aromatic N) is 2. The Bertz CT molecular complexity index is 640. The first-order chi connectivity index (χ1) is 11.0. The van der Waals surface area contributed by atoms with E-state index in [0.29, 0.717) is 37.1 Å². The van der Waals surface area contributed by atoms with E-state index in [0.717, 1.165) is 0 Å². The first kappa shape index (κ1) is 16.5. The summed E-state index contributed by atoms with van der Waals surface area (Å²) in [6, 6.07) is 6.26. The Kier molecular flexibility index (Phi) is 5.31. The third-order valence-corrected chi connectivity index (χ3v) is 3.34. The summed E-state index contributed by atoms with van der Waals surface area (Å²) < 4.78 is 5.00. The number of carbonyl (C=O) groups excluding carboxylic acids is 1. The number of hydrogen-bond donors (Lipinski definition) is 2. The van der Waals surface area contributed by atoms with Gasteiger partial charge >= 0.3 is 5.97 Å². The van der Waals surface area contributed by atoms with Crippen molar-refractivity contribution >= 4 is 11.9 Å². The van der Waals surface area contributed by atoms with Crippen molar-refractivity contribution in [2.45, 2.75) is 24.9 Å². The largest absolute Gasteiger partial charge is 0.482 e. The van der Waals surface area contributed by atoms with E-state index in [9.17, 15) is 9.59 Å². The molecule has 0 saturated carbocycles. The van der Waals surface area contributed by atoms with Gasteiger partial charge in [-0.25, -0.2) is 4.79 Å². The van der Waals surface area contributed by atoms with Gasteiger partial charge in [-0.15, -0.1) is 12.3 Å². The lowest BCUT2D eigenvalue weighted by atomic mass is 10.0. The Labute approximate surface area is 133 Å². The number of carboxylic acid groups (broad SMARTS) is 1. The van der Waals surface area contributed by atoms with Gasteiger partial charge in [0.1, 0.15) is 5.75 Å². The maximum atomic E-state index is 12.0. The summed E-state index contributed by atoms with van der Waals surface area (Å²) in [5.41, 5.74) is 0.0591. The number of terminal acetylenes is 1. The zero-order valence-corrected chi connectivity index (χ0v) is 12.5. The molecular weight excluding hydrogens is 298 g/mol. The van der Waals surface area contributed by atoms with Crippen molar-refractivity contribution in [2.24, 2.45) is 10.2 Å². The third-order valence-electron chi connectivity index (χ3n) is 3.34. The molecule has 0 radical (unpaired) electrons. The van der Waals surface area contributed by atoms with Crippen molar-refractivity contribution in [3.63, 3.8) is 0 Å². The standard InChI is InChI=1S/C16H17N3O4/c1-2-3-8-16(18-19-16)9-10-17-15(22)12-4-6-13(7-5-12)23-11-14(20)21/h1,4-7H,3,8-11H2,(H,17,22)(H,20,21). The topological polar surface area (TPSA) is 100 Å². The van der Waals surface area contributed by atoms with Crippen molar-refractivity contribution < 1.29 is 19.4 Å². The smallest absolute Gasteiger partial charge is 0.341 e. The monoisotopic (exact) mass is 315 g/mol. The minimum Gasteiger partial charge on any atom is -0.482 e. The molecule has 1 amide bonds. The lowest BCUT2D eigenvalue weighted by molar-refractivity contribution is -0.139. The molecule has 0 fully saturated rings. The van der Waals surface area contributed by atoms with E-state index in [-0.39, 0.29) is 5.91 Å². The molecule has 1 aliphatic heterocycles. The van der Waals surface area contributed by atoms with Gasteiger partial charge in [-0.1, -0.05) is 0 Å². The first-order valence-corrected chi connectivity index (χ1v) is 7.15. The lowest BCUT2D eigenvalue weighted by Gasteiger charge is -2.10. The molecule has 7 heteroatoms. The van der Waals surface area contributed by atoms with Crippen molar-refractivity contribution in [2.75, 3.05) is 13.2 Å². The van der Waals surface area contributed by atoms with E-state index in [4.69, 9.17) is 16.3 Å². The Morgan fingerprint density at radius 3 is 2.52 bits per heavy atom. The van der Waals surface area contributed by atoms with Crippen LogP contribution in [0.1, 0.15) is 29.6 Å². The predicted molar refractivity (Wildman–Crippen MR) is 82.2 cm³/mol. The molecule has 7 nitrogen and oxygen atoms in total. The summed E-state index contributed by atoms with van der Waals surface area (Å²) >= 11 is 0. The SMILES string of the molecule is C#CCCC1(CCNC(=O)c2ccc(OCC(=O)O)cc2)N=N1. The molecule has 0 spiro atoms. The molecule has 0 atom stereocenters. The van der Waals surface area contributed by atoms with E-state index < -0.39 is 18.2 Å². The van der Waals surface area contributed by atoms with E-state index in [1.807, 2.05) is 0 Å². The van der Waals surface area contributed by atoms with Crippen molar-refractivity contribution in [3.8, 4) is 18.1 Å². The second-order valence-electron chi connectivity index (χ2n) is 5.10. The van der Waals surface area contributed by atoms with Gasteiger partial charge in [0.05, 0.1) is 0 Å². The molecule has 1 aromatic rings. The Morgan fingerprint density at radius 1 is 1.26 bits per heavy atom. The molecular formula is C16H17N3O4. The molecule has 0 saturated heterocycles. The molecule has 1 aromatic carbocycles. The highest BCUT2D eigenvalue weighted by Crippen LogP contribution is 2.36. The average Bonchev–Trinajstić information content (AvgIpc) is 3.31. The minimum absolute atomic E-state index is 0.220. The highest BCUT2D eigenvalue weighted by molar-refractivity contribution is 5.94. The summed E-state index contributed by atoms with van der Waals surface area (Å²) in [6.45, 7) is 0.0337. The number of carbonyl (C=O) groups is 2. The second kappa shape index (κ2) is 7.40. The van der Waals surface area contributed by atoms with Gasteiger partial charge in [-0.3, -0.25) is 4.79 Å². The van der Waals surface area contributed by atoms with Crippen molar-refractivity contribution in [1.29, 1.82) is 0 Å². The highest BCUT2D eigenvalue weighted by atomic mass is 16.5. The molecule has 0 bridgehead atoms. The van der Waals surface area contributed by atoms with Crippen LogP contribution in [0.5, 0.6) is 5.75 Å². The summed E-state index contributed by atoms with van der Waals surface area (Å²) in [4.78, 5) is 22.4. The number of ether oxygens (including phenoxy) is 1. The Hall–Kier alpha value is -2.88. The van der Waals surface area contributed by atoms with Crippen LogP contribution in [0, 0.1) is 12.3 Å². The number of amides is 1. The van der Waals surface area contributed by atoms with Gasteiger partial charge in [-0.2, -0.15) is 10.2 Å². The lowest BCUT2D eigenvalue weighted by Crippen LogP contribution is -2.28. The summed E-state index contributed by atoms with van der Waals surface area (Å²) in [6.07, 6.45) is 7.16. The Balaban J connectivity index is 1.75. The van der Waals surface area contributed by atoms with Gasteiger partial charge in [0, 0.05) is 31.4 Å². The normalized spacial score (nSPS) is 13.9. The molecule has 2 N–H and O–H groups in total. The van der Waals surface area contributed by atoms with Crippen LogP contribution < -0.4 is 10.1 Å². The maximum absolute atomic E-state index is 12.0. The number of carboxylic acids is 1. The van der Waals surface area contributed by atoms with Crippen LogP contribution in [-0.4, -0.2) is 35.8 Å². The molecule has 1 aliphatic rings. The van der Waals surface area contributed by atoms with Crippen molar-refractivity contribution in [1.82, 2.24) is 5.32 Å². The Morgan fingerprint density at radius 2 is 1.96 bits per heavy atom. The average molecular weight is 315 g/mol. The summed E-state index contributed by atoms with van der Waals surface area (Å²) in [7, 11) is 0. The number of rotatable bonds is 9. The molecule has 2 rings (SSSR count). The van der Waals surface area contributed by atoms with Crippen LogP contribution in [0.4, 0.5) is 0 Å². The van der Waals surface area contributed by atoms with Gasteiger partial charge in [-0.05, 0) is 24.3 Å². The number of aliphatic carboxylic acids is 1. The quantitative estimate of drug-likeness (QED) is 0.679. The van der Waals surface area contributed by atoms with E-state index in [1.54, 1.807) is 24.3 Å². The second-order valence-corrected chi connectivity index (χ2v) is 5.10. The fourth-order valence-electron chi connectivity index (χ4n) is 1.99. The molecule has 23 heavy (non-hydrogen) atoms. The molecule has 120 valence electrons.